The first-order valence-corrected chi connectivity index (χ1v) is 6.86. The first-order chi connectivity index (χ1) is 9.44. The third-order valence-electron chi connectivity index (χ3n) is 3.91. The number of amides is 1. The van der Waals surface area contributed by atoms with Crippen LogP contribution in [0.25, 0.3) is 0 Å². The van der Waals surface area contributed by atoms with Gasteiger partial charge in [-0.25, -0.2) is 0 Å². The van der Waals surface area contributed by atoms with E-state index in [1.807, 2.05) is 6.92 Å². The number of benzene rings is 1. The van der Waals surface area contributed by atoms with Gasteiger partial charge in [0, 0.05) is 12.1 Å². The molecule has 2 rings (SSSR count). The summed E-state index contributed by atoms with van der Waals surface area (Å²) in [6.07, 6.45) is 1.76. The maximum absolute atomic E-state index is 14.0. The van der Waals surface area contributed by atoms with Crippen molar-refractivity contribution in [1.82, 2.24) is 10.6 Å². The van der Waals surface area contributed by atoms with Gasteiger partial charge >= 0.3 is 5.92 Å². The third-order valence-corrected chi connectivity index (χ3v) is 3.91. The SMILES string of the molecule is CC1(CNC(=O)C(F)(F)c2ccccc2)CCNCC1.Cl. The molecule has 0 aromatic heterocycles. The van der Waals surface area contributed by atoms with Crippen LogP contribution in [0.15, 0.2) is 30.3 Å². The summed E-state index contributed by atoms with van der Waals surface area (Å²) in [5.74, 6) is -4.70. The van der Waals surface area contributed by atoms with Gasteiger partial charge in [0.25, 0.3) is 5.91 Å². The highest BCUT2D eigenvalue weighted by Crippen LogP contribution is 2.30. The topological polar surface area (TPSA) is 41.1 Å². The summed E-state index contributed by atoms with van der Waals surface area (Å²) in [5, 5.41) is 5.64. The molecule has 2 N–H and O–H groups in total. The Morgan fingerprint density at radius 3 is 2.43 bits per heavy atom. The van der Waals surface area contributed by atoms with Crippen LogP contribution in [-0.4, -0.2) is 25.5 Å². The van der Waals surface area contributed by atoms with Crippen molar-refractivity contribution in [2.75, 3.05) is 19.6 Å². The monoisotopic (exact) mass is 318 g/mol. The zero-order valence-electron chi connectivity index (χ0n) is 12.0. The van der Waals surface area contributed by atoms with Gasteiger partial charge < -0.3 is 10.6 Å². The van der Waals surface area contributed by atoms with Crippen LogP contribution in [0.5, 0.6) is 0 Å². The summed E-state index contributed by atoms with van der Waals surface area (Å²) in [4.78, 5) is 11.8. The molecule has 1 aliphatic rings. The number of hydrogen-bond acceptors (Lipinski definition) is 2. The molecule has 6 heteroatoms. The molecule has 1 heterocycles. The van der Waals surface area contributed by atoms with Crippen LogP contribution in [0.1, 0.15) is 25.3 Å². The predicted octanol–water partition coefficient (Wildman–Crippen LogP) is 2.71. The van der Waals surface area contributed by atoms with Crippen LogP contribution in [0.2, 0.25) is 0 Å². The number of carbonyl (C=O) groups excluding carboxylic acids is 1. The van der Waals surface area contributed by atoms with Gasteiger partial charge in [-0.05, 0) is 31.3 Å². The second kappa shape index (κ2) is 7.18. The minimum Gasteiger partial charge on any atom is -0.350 e. The van der Waals surface area contributed by atoms with Gasteiger partial charge in [0.05, 0.1) is 0 Å². The molecule has 118 valence electrons. The molecule has 0 spiro atoms. The molecule has 0 bridgehead atoms. The van der Waals surface area contributed by atoms with Crippen LogP contribution >= 0.6 is 12.4 Å². The lowest BCUT2D eigenvalue weighted by Crippen LogP contribution is -2.46. The molecule has 0 aliphatic carbocycles. The Hall–Kier alpha value is -1.20. The van der Waals surface area contributed by atoms with Gasteiger partial charge in [-0.2, -0.15) is 8.78 Å². The summed E-state index contributed by atoms with van der Waals surface area (Å²) in [7, 11) is 0. The molecule has 1 amide bonds. The Morgan fingerprint density at radius 1 is 1.29 bits per heavy atom. The number of alkyl halides is 2. The lowest BCUT2D eigenvalue weighted by Gasteiger charge is -2.34. The van der Waals surface area contributed by atoms with E-state index in [4.69, 9.17) is 0 Å². The van der Waals surface area contributed by atoms with Crippen molar-refractivity contribution in [1.29, 1.82) is 0 Å². The van der Waals surface area contributed by atoms with Crippen molar-refractivity contribution in [3.8, 4) is 0 Å². The van der Waals surface area contributed by atoms with E-state index in [9.17, 15) is 13.6 Å². The molecule has 0 unspecified atom stereocenters. The van der Waals surface area contributed by atoms with Crippen molar-refractivity contribution >= 4 is 18.3 Å². The minimum absolute atomic E-state index is 0. The lowest BCUT2D eigenvalue weighted by molar-refractivity contribution is -0.147. The fraction of sp³-hybridized carbons (Fsp3) is 0.533. The van der Waals surface area contributed by atoms with E-state index in [0.29, 0.717) is 0 Å². The first-order valence-electron chi connectivity index (χ1n) is 6.86. The van der Waals surface area contributed by atoms with Crippen LogP contribution in [-0.2, 0) is 10.7 Å². The molecule has 1 aromatic rings. The zero-order valence-corrected chi connectivity index (χ0v) is 12.8. The summed E-state index contributed by atoms with van der Waals surface area (Å²) in [6.45, 7) is 4.04. The smallest absolute Gasteiger partial charge is 0.349 e. The normalized spacial score (nSPS) is 17.7. The van der Waals surface area contributed by atoms with E-state index < -0.39 is 11.8 Å². The van der Waals surface area contributed by atoms with Crippen LogP contribution in [0.3, 0.4) is 0 Å². The molecule has 0 saturated carbocycles. The molecule has 1 aromatic carbocycles. The largest absolute Gasteiger partial charge is 0.350 e. The molecule has 21 heavy (non-hydrogen) atoms. The Bertz CT molecular complexity index is 462. The van der Waals surface area contributed by atoms with Gasteiger partial charge in [0.15, 0.2) is 0 Å². The molecule has 0 atom stereocenters. The molecular weight excluding hydrogens is 298 g/mol. The zero-order chi connectivity index (χ0) is 14.6. The van der Waals surface area contributed by atoms with Crippen molar-refractivity contribution < 1.29 is 13.6 Å². The van der Waals surface area contributed by atoms with E-state index in [-0.39, 0.29) is 29.9 Å². The average Bonchev–Trinajstić information content (AvgIpc) is 2.46. The number of hydrogen-bond donors (Lipinski definition) is 2. The maximum atomic E-state index is 14.0. The Morgan fingerprint density at radius 2 is 1.86 bits per heavy atom. The summed E-state index contributed by atoms with van der Waals surface area (Å²) >= 11 is 0. The van der Waals surface area contributed by atoms with E-state index in [2.05, 4.69) is 10.6 Å². The van der Waals surface area contributed by atoms with Crippen molar-refractivity contribution in [2.45, 2.75) is 25.7 Å². The third kappa shape index (κ3) is 4.38. The van der Waals surface area contributed by atoms with E-state index in [1.54, 1.807) is 6.07 Å². The van der Waals surface area contributed by atoms with Crippen LogP contribution in [0.4, 0.5) is 8.78 Å². The van der Waals surface area contributed by atoms with Crippen molar-refractivity contribution in [3.63, 3.8) is 0 Å². The van der Waals surface area contributed by atoms with Gasteiger partial charge in [0.1, 0.15) is 0 Å². The molecule has 0 radical (unpaired) electrons. The Labute approximate surface area is 129 Å². The highest BCUT2D eigenvalue weighted by Gasteiger charge is 2.41. The summed E-state index contributed by atoms with van der Waals surface area (Å²) < 4.78 is 28.0. The molecule has 3 nitrogen and oxygen atoms in total. The second-order valence-corrected chi connectivity index (χ2v) is 5.68. The Kier molecular flexibility index (Phi) is 6.10. The second-order valence-electron chi connectivity index (χ2n) is 5.68. The number of carbonyl (C=O) groups is 1. The first kappa shape index (κ1) is 17.9. The van der Waals surface area contributed by atoms with Gasteiger partial charge in [0.2, 0.25) is 0 Å². The number of piperidine rings is 1. The van der Waals surface area contributed by atoms with E-state index >= 15 is 0 Å². The maximum Gasteiger partial charge on any atom is 0.349 e. The Balaban J connectivity index is 0.00000220. The minimum atomic E-state index is -3.48. The number of rotatable bonds is 4. The lowest BCUT2D eigenvalue weighted by atomic mass is 9.81. The fourth-order valence-corrected chi connectivity index (χ4v) is 2.39. The molecule has 1 aliphatic heterocycles. The van der Waals surface area contributed by atoms with Gasteiger partial charge in [-0.3, -0.25) is 4.79 Å². The predicted molar refractivity (Wildman–Crippen MR) is 80.8 cm³/mol. The quantitative estimate of drug-likeness (QED) is 0.896. The number of nitrogens with one attached hydrogen (secondary N) is 2. The highest BCUT2D eigenvalue weighted by molar-refractivity contribution is 5.85. The van der Waals surface area contributed by atoms with Gasteiger partial charge in [-0.1, -0.05) is 37.3 Å². The van der Waals surface area contributed by atoms with E-state index in [0.717, 1.165) is 25.9 Å². The van der Waals surface area contributed by atoms with Crippen molar-refractivity contribution in [2.24, 2.45) is 5.41 Å². The fourth-order valence-electron chi connectivity index (χ4n) is 2.39. The molecular formula is C15H21ClF2N2O. The van der Waals surface area contributed by atoms with Gasteiger partial charge in [-0.15, -0.1) is 12.4 Å². The summed E-state index contributed by atoms with van der Waals surface area (Å²) in [6, 6.07) is 7.19. The van der Waals surface area contributed by atoms with Crippen LogP contribution < -0.4 is 10.6 Å². The van der Waals surface area contributed by atoms with Crippen molar-refractivity contribution in [3.05, 3.63) is 35.9 Å². The standard InChI is InChI=1S/C15H20F2N2O.ClH/c1-14(7-9-18-10-8-14)11-19-13(20)15(16,17)12-5-3-2-4-6-12;/h2-6,18H,7-11H2,1H3,(H,19,20);1H. The number of halogens is 3. The average molecular weight is 319 g/mol. The van der Waals surface area contributed by atoms with Crippen LogP contribution in [0, 0.1) is 5.41 Å². The molecule has 1 fully saturated rings. The molecule has 1 saturated heterocycles. The summed E-state index contributed by atoms with van der Waals surface area (Å²) in [5.41, 5.74) is -0.374. The highest BCUT2D eigenvalue weighted by atomic mass is 35.5. The van der Waals surface area contributed by atoms with E-state index in [1.165, 1.54) is 24.3 Å².